The molecule has 174 valence electrons. The number of methoxy groups -OCH3 is 1. The predicted octanol–water partition coefficient (Wildman–Crippen LogP) is 4.74. The number of benzene rings is 2. The third kappa shape index (κ3) is 3.85. The molecule has 1 fully saturated rings. The van der Waals surface area contributed by atoms with E-state index in [-0.39, 0.29) is 18.1 Å². The molecule has 0 spiro atoms. The fraction of sp³-hybridized carbons (Fsp3) is 0.231. The van der Waals surface area contributed by atoms with Crippen LogP contribution >= 0.6 is 0 Å². The van der Waals surface area contributed by atoms with Gasteiger partial charge in [0.15, 0.2) is 0 Å². The van der Waals surface area contributed by atoms with Crippen LogP contribution in [0.3, 0.4) is 0 Å². The smallest absolute Gasteiger partial charge is 0.266 e. The number of ether oxygens (including phenoxy) is 1. The first kappa shape index (κ1) is 21.9. The van der Waals surface area contributed by atoms with Crippen LogP contribution in [-0.4, -0.2) is 35.7 Å². The molecule has 6 nitrogen and oxygen atoms in total. The third-order valence-electron chi connectivity index (χ3n) is 6.26. The topological polar surface area (TPSA) is 73.4 Å². The highest BCUT2D eigenvalue weighted by Gasteiger charge is 2.26. The van der Waals surface area contributed by atoms with Crippen LogP contribution in [0.1, 0.15) is 28.9 Å². The second-order valence-corrected chi connectivity index (χ2v) is 8.40. The van der Waals surface area contributed by atoms with Gasteiger partial charge in [-0.05, 0) is 48.7 Å². The molecule has 0 unspecified atom stereocenters. The second kappa shape index (κ2) is 8.78. The zero-order valence-corrected chi connectivity index (χ0v) is 18.7. The summed E-state index contributed by atoms with van der Waals surface area (Å²) in [6, 6.07) is 12.2. The molecule has 0 aliphatic carbocycles. The summed E-state index contributed by atoms with van der Waals surface area (Å²) in [5.41, 5.74) is 8.26. The van der Waals surface area contributed by atoms with Gasteiger partial charge < -0.3 is 19.9 Å². The normalized spacial score (nSPS) is 13.6. The minimum Gasteiger partial charge on any atom is -0.496 e. The number of halogens is 2. The highest BCUT2D eigenvalue weighted by molar-refractivity contribution is 6.10. The summed E-state index contributed by atoms with van der Waals surface area (Å²) in [6.07, 6.45) is 3.85. The van der Waals surface area contributed by atoms with Crippen LogP contribution in [0.15, 0.2) is 54.7 Å². The summed E-state index contributed by atoms with van der Waals surface area (Å²) in [6.45, 7) is 2.01. The van der Waals surface area contributed by atoms with Gasteiger partial charge in [-0.25, -0.2) is 13.8 Å². The van der Waals surface area contributed by atoms with Gasteiger partial charge in [-0.3, -0.25) is 4.79 Å². The van der Waals surface area contributed by atoms with Gasteiger partial charge >= 0.3 is 0 Å². The molecule has 1 saturated heterocycles. The lowest BCUT2D eigenvalue weighted by atomic mass is 10.0. The van der Waals surface area contributed by atoms with Crippen molar-refractivity contribution in [3.63, 3.8) is 0 Å². The average molecular weight is 463 g/mol. The number of anilines is 1. The molecule has 1 aliphatic heterocycles. The molecule has 0 atom stereocenters. The Labute approximate surface area is 195 Å². The summed E-state index contributed by atoms with van der Waals surface area (Å²) in [5, 5.41) is 0.499. The first-order valence-corrected chi connectivity index (χ1v) is 11.1. The molecule has 8 heteroatoms. The van der Waals surface area contributed by atoms with E-state index in [1.165, 1.54) is 24.3 Å². The van der Waals surface area contributed by atoms with Crippen molar-refractivity contribution < 1.29 is 18.3 Å². The number of nitrogens with two attached hydrogens (primary N) is 1. The molecule has 0 radical (unpaired) electrons. The van der Waals surface area contributed by atoms with Crippen LogP contribution in [0.4, 0.5) is 14.6 Å². The van der Waals surface area contributed by atoms with Gasteiger partial charge in [0.25, 0.3) is 5.91 Å². The van der Waals surface area contributed by atoms with Crippen molar-refractivity contribution in [2.75, 3.05) is 25.1 Å². The SMILES string of the molecule is COc1cc(N2CCCC2)ncc1-c1c(C(N)=O)n(Cc2cccc(F)c2)c2ccc(F)cc12. The van der Waals surface area contributed by atoms with E-state index in [9.17, 15) is 13.6 Å². The van der Waals surface area contributed by atoms with E-state index in [0.717, 1.165) is 31.7 Å². The van der Waals surface area contributed by atoms with E-state index in [1.54, 1.807) is 36.1 Å². The number of carbonyl (C=O) groups excluding carboxylic acids is 1. The Morgan fingerprint density at radius 3 is 2.56 bits per heavy atom. The van der Waals surface area contributed by atoms with Crippen molar-refractivity contribution >= 4 is 22.6 Å². The first-order valence-electron chi connectivity index (χ1n) is 11.1. The van der Waals surface area contributed by atoms with E-state index in [4.69, 9.17) is 10.5 Å². The number of aromatic nitrogens is 2. The Balaban J connectivity index is 1.74. The summed E-state index contributed by atoms with van der Waals surface area (Å²) in [5.74, 6) is -0.229. The minimum atomic E-state index is -0.686. The lowest BCUT2D eigenvalue weighted by Gasteiger charge is -2.18. The van der Waals surface area contributed by atoms with Crippen LogP contribution < -0.4 is 15.4 Å². The van der Waals surface area contributed by atoms with E-state index in [1.807, 2.05) is 6.07 Å². The molecule has 0 saturated carbocycles. The molecular weight excluding hydrogens is 438 g/mol. The number of fused-ring (bicyclic) bond motifs is 1. The van der Waals surface area contributed by atoms with E-state index in [2.05, 4.69) is 9.88 Å². The van der Waals surface area contributed by atoms with Crippen molar-refractivity contribution in [2.45, 2.75) is 19.4 Å². The highest BCUT2D eigenvalue weighted by Crippen LogP contribution is 2.41. The maximum atomic E-state index is 14.4. The van der Waals surface area contributed by atoms with Gasteiger partial charge in [-0.2, -0.15) is 0 Å². The van der Waals surface area contributed by atoms with E-state index >= 15 is 0 Å². The number of primary amides is 1. The molecule has 1 amide bonds. The highest BCUT2D eigenvalue weighted by atomic mass is 19.1. The fourth-order valence-electron chi connectivity index (χ4n) is 4.74. The van der Waals surface area contributed by atoms with Crippen LogP contribution in [0, 0.1) is 11.6 Å². The molecule has 0 bridgehead atoms. The van der Waals surface area contributed by atoms with Gasteiger partial charge in [-0.15, -0.1) is 0 Å². The summed E-state index contributed by atoms with van der Waals surface area (Å²) in [4.78, 5) is 19.6. The van der Waals surface area contributed by atoms with E-state index < -0.39 is 11.7 Å². The van der Waals surface area contributed by atoms with Crippen molar-refractivity contribution in [3.05, 3.63) is 77.6 Å². The van der Waals surface area contributed by atoms with Gasteiger partial charge in [0.1, 0.15) is 28.9 Å². The number of nitrogens with zero attached hydrogens (tertiary/aromatic N) is 3. The van der Waals surface area contributed by atoms with Crippen molar-refractivity contribution in [3.8, 4) is 16.9 Å². The Morgan fingerprint density at radius 1 is 1.09 bits per heavy atom. The largest absolute Gasteiger partial charge is 0.496 e. The monoisotopic (exact) mass is 462 g/mol. The lowest BCUT2D eigenvalue weighted by Crippen LogP contribution is -2.19. The zero-order chi connectivity index (χ0) is 23.8. The second-order valence-electron chi connectivity index (χ2n) is 8.40. The van der Waals surface area contributed by atoms with Crippen molar-refractivity contribution in [2.24, 2.45) is 5.73 Å². The Morgan fingerprint density at radius 2 is 1.85 bits per heavy atom. The van der Waals surface area contributed by atoms with Gasteiger partial charge in [0.05, 0.1) is 7.11 Å². The molecule has 2 aromatic heterocycles. The predicted molar refractivity (Wildman–Crippen MR) is 127 cm³/mol. The summed E-state index contributed by atoms with van der Waals surface area (Å²) < 4.78 is 35.6. The zero-order valence-electron chi connectivity index (χ0n) is 18.7. The van der Waals surface area contributed by atoms with Gasteiger partial charge in [-0.1, -0.05) is 12.1 Å². The number of pyridine rings is 1. The van der Waals surface area contributed by atoms with Crippen LogP contribution in [-0.2, 0) is 6.54 Å². The van der Waals surface area contributed by atoms with Crippen molar-refractivity contribution in [1.29, 1.82) is 0 Å². The van der Waals surface area contributed by atoms with Crippen LogP contribution in [0.2, 0.25) is 0 Å². The number of hydrogen-bond acceptors (Lipinski definition) is 4. The number of amides is 1. The molecule has 4 aromatic rings. The quantitative estimate of drug-likeness (QED) is 0.449. The number of rotatable bonds is 6. The van der Waals surface area contributed by atoms with Gasteiger partial charge in [0.2, 0.25) is 0 Å². The standard InChI is InChI=1S/C26H24F2N4O2/c1-34-22-13-23(31-9-2-3-10-31)30-14-20(22)24-19-12-18(28)7-8-21(19)32(25(24)26(29)33)15-16-5-4-6-17(27)11-16/h4-8,11-14H,2-3,9-10,15H2,1H3,(H2,29,33). The summed E-state index contributed by atoms with van der Waals surface area (Å²) >= 11 is 0. The molecule has 3 heterocycles. The van der Waals surface area contributed by atoms with Crippen LogP contribution in [0.25, 0.3) is 22.0 Å². The molecule has 5 rings (SSSR count). The lowest BCUT2D eigenvalue weighted by molar-refractivity contribution is 0.0993. The molecule has 1 aliphatic rings. The van der Waals surface area contributed by atoms with Gasteiger partial charge in [0, 0.05) is 53.9 Å². The van der Waals surface area contributed by atoms with Crippen molar-refractivity contribution in [1.82, 2.24) is 9.55 Å². The average Bonchev–Trinajstić information content (AvgIpc) is 3.45. The Bertz CT molecular complexity index is 1390. The van der Waals surface area contributed by atoms with Crippen LogP contribution in [0.5, 0.6) is 5.75 Å². The number of carbonyl (C=O) groups is 1. The first-order chi connectivity index (χ1) is 16.5. The minimum absolute atomic E-state index is 0.180. The maximum Gasteiger partial charge on any atom is 0.266 e. The molecule has 2 N–H and O–H groups in total. The Hall–Kier alpha value is -3.94. The number of hydrogen-bond donors (Lipinski definition) is 1. The fourth-order valence-corrected chi connectivity index (χ4v) is 4.74. The van der Waals surface area contributed by atoms with E-state index in [0.29, 0.717) is 33.3 Å². The third-order valence-corrected chi connectivity index (χ3v) is 6.26. The maximum absolute atomic E-state index is 14.4. The Kier molecular flexibility index (Phi) is 5.65. The molecular formula is C26H24F2N4O2. The molecule has 2 aromatic carbocycles. The summed E-state index contributed by atoms with van der Waals surface area (Å²) in [7, 11) is 1.54. The molecule has 34 heavy (non-hydrogen) atoms.